The minimum Gasteiger partial charge on any atom is -0.491 e. The van der Waals surface area contributed by atoms with Gasteiger partial charge in [0, 0.05) is 32.7 Å². The van der Waals surface area contributed by atoms with Crippen LogP contribution >= 0.6 is 0 Å². The van der Waals surface area contributed by atoms with E-state index < -0.39 is 6.10 Å². The lowest BCUT2D eigenvalue weighted by Gasteiger charge is -2.34. The minimum atomic E-state index is -0.565. The van der Waals surface area contributed by atoms with Gasteiger partial charge in [-0.05, 0) is 37.0 Å². The molecule has 1 fully saturated rings. The van der Waals surface area contributed by atoms with E-state index in [9.17, 15) is 9.90 Å². The number of carbonyl (C=O) groups excluding carboxylic acids is 1. The number of ether oxygens (including phenoxy) is 2. The van der Waals surface area contributed by atoms with E-state index in [2.05, 4.69) is 30.9 Å². The largest absolute Gasteiger partial charge is 0.491 e. The molecule has 0 aromatic heterocycles. The Labute approximate surface area is 156 Å². The summed E-state index contributed by atoms with van der Waals surface area (Å²) in [4.78, 5) is 15.6. The highest BCUT2D eigenvalue weighted by Crippen LogP contribution is 2.27. The van der Waals surface area contributed by atoms with Crippen LogP contribution in [-0.2, 0) is 4.74 Å². The molecule has 0 aliphatic carbocycles. The lowest BCUT2D eigenvalue weighted by Crippen LogP contribution is -2.51. The fraction of sp³-hybridized carbons (Fsp3) is 0.650. The monoisotopic (exact) mass is 364 g/mol. The summed E-state index contributed by atoms with van der Waals surface area (Å²) in [5.74, 6) is 1.23. The third-order valence-electron chi connectivity index (χ3n) is 4.59. The number of hydrogen-bond acceptors (Lipinski definition) is 5. The second kappa shape index (κ2) is 9.78. The molecule has 1 aromatic rings. The van der Waals surface area contributed by atoms with Crippen LogP contribution in [0, 0.1) is 6.92 Å². The Kier molecular flexibility index (Phi) is 7.72. The van der Waals surface area contributed by atoms with E-state index in [-0.39, 0.29) is 12.7 Å². The highest BCUT2D eigenvalue weighted by atomic mass is 16.6. The summed E-state index contributed by atoms with van der Waals surface area (Å²) in [6, 6.07) is 6.21. The van der Waals surface area contributed by atoms with Gasteiger partial charge in [0.05, 0.1) is 6.61 Å². The zero-order chi connectivity index (χ0) is 19.1. The molecule has 1 atom stereocenters. The maximum Gasteiger partial charge on any atom is 0.409 e. The molecule has 6 heteroatoms. The van der Waals surface area contributed by atoms with Crippen LogP contribution in [0.3, 0.4) is 0 Å². The van der Waals surface area contributed by atoms with Crippen LogP contribution in [0.2, 0.25) is 0 Å². The summed E-state index contributed by atoms with van der Waals surface area (Å²) in [7, 11) is 0. The van der Waals surface area contributed by atoms with Crippen LogP contribution in [0.4, 0.5) is 4.79 Å². The summed E-state index contributed by atoms with van der Waals surface area (Å²) in [6.45, 7) is 12.0. The normalized spacial score (nSPS) is 16.6. The number of benzene rings is 1. The molecule has 0 saturated carbocycles. The summed E-state index contributed by atoms with van der Waals surface area (Å²) >= 11 is 0. The van der Waals surface area contributed by atoms with Crippen molar-refractivity contribution in [1.29, 1.82) is 0 Å². The topological polar surface area (TPSA) is 62.2 Å². The van der Waals surface area contributed by atoms with E-state index in [4.69, 9.17) is 9.47 Å². The van der Waals surface area contributed by atoms with Crippen LogP contribution < -0.4 is 4.74 Å². The number of nitrogens with zero attached hydrogens (tertiary/aromatic N) is 2. The quantitative estimate of drug-likeness (QED) is 0.806. The fourth-order valence-corrected chi connectivity index (χ4v) is 3.11. The third kappa shape index (κ3) is 5.88. The van der Waals surface area contributed by atoms with Gasteiger partial charge in [0.15, 0.2) is 0 Å². The average molecular weight is 364 g/mol. The Hall–Kier alpha value is -1.79. The van der Waals surface area contributed by atoms with E-state index >= 15 is 0 Å². The minimum absolute atomic E-state index is 0.253. The van der Waals surface area contributed by atoms with Gasteiger partial charge in [-0.3, -0.25) is 4.90 Å². The zero-order valence-electron chi connectivity index (χ0n) is 16.4. The molecule has 146 valence electrons. The molecule has 0 spiro atoms. The Balaban J connectivity index is 1.79. The lowest BCUT2D eigenvalue weighted by atomic mass is 10.0. The summed E-state index contributed by atoms with van der Waals surface area (Å²) in [5.41, 5.74) is 2.31. The molecule has 2 rings (SSSR count). The van der Waals surface area contributed by atoms with E-state index in [1.54, 1.807) is 4.90 Å². The first-order valence-electron chi connectivity index (χ1n) is 9.46. The molecule has 1 aliphatic heterocycles. The molecular formula is C20H32N2O4. The number of amides is 1. The first kappa shape index (κ1) is 20.5. The number of aliphatic hydroxyl groups excluding tert-OH is 1. The van der Waals surface area contributed by atoms with Crippen molar-refractivity contribution in [2.75, 3.05) is 45.9 Å². The number of rotatable bonds is 7. The molecule has 6 nitrogen and oxygen atoms in total. The van der Waals surface area contributed by atoms with Gasteiger partial charge in [0.2, 0.25) is 0 Å². The summed E-state index contributed by atoms with van der Waals surface area (Å²) in [5, 5.41) is 10.3. The summed E-state index contributed by atoms with van der Waals surface area (Å²) < 4.78 is 10.9. The van der Waals surface area contributed by atoms with Gasteiger partial charge < -0.3 is 19.5 Å². The van der Waals surface area contributed by atoms with Crippen LogP contribution in [0.5, 0.6) is 5.75 Å². The van der Waals surface area contributed by atoms with E-state index in [1.807, 2.05) is 19.9 Å². The third-order valence-corrected chi connectivity index (χ3v) is 4.59. The number of piperazine rings is 1. The highest BCUT2D eigenvalue weighted by molar-refractivity contribution is 5.67. The zero-order valence-corrected chi connectivity index (χ0v) is 16.4. The van der Waals surface area contributed by atoms with E-state index in [0.29, 0.717) is 32.2 Å². The number of hydrogen-bond donors (Lipinski definition) is 1. The van der Waals surface area contributed by atoms with E-state index in [1.165, 1.54) is 0 Å². The Morgan fingerprint density at radius 2 is 1.92 bits per heavy atom. The molecule has 0 unspecified atom stereocenters. The van der Waals surface area contributed by atoms with Crippen molar-refractivity contribution in [3.63, 3.8) is 0 Å². The second-order valence-corrected chi connectivity index (χ2v) is 7.15. The summed E-state index contributed by atoms with van der Waals surface area (Å²) in [6.07, 6.45) is -0.818. The maximum absolute atomic E-state index is 11.7. The smallest absolute Gasteiger partial charge is 0.409 e. The van der Waals surface area contributed by atoms with Gasteiger partial charge >= 0.3 is 6.09 Å². The van der Waals surface area contributed by atoms with Gasteiger partial charge in [-0.25, -0.2) is 4.79 Å². The first-order chi connectivity index (χ1) is 12.4. The predicted octanol–water partition coefficient (Wildman–Crippen LogP) is 2.63. The molecule has 1 aromatic carbocycles. The predicted molar refractivity (Wildman–Crippen MR) is 102 cm³/mol. The van der Waals surface area contributed by atoms with E-state index in [0.717, 1.165) is 30.0 Å². The molecule has 26 heavy (non-hydrogen) atoms. The van der Waals surface area contributed by atoms with Crippen molar-refractivity contribution < 1.29 is 19.4 Å². The van der Waals surface area contributed by atoms with Crippen molar-refractivity contribution in [3.05, 3.63) is 29.3 Å². The number of carbonyl (C=O) groups is 1. The van der Waals surface area contributed by atoms with Gasteiger partial charge in [-0.1, -0.05) is 26.0 Å². The van der Waals surface area contributed by atoms with Gasteiger partial charge in [0.25, 0.3) is 0 Å². The van der Waals surface area contributed by atoms with Crippen LogP contribution in [0.15, 0.2) is 18.2 Å². The Bertz CT molecular complexity index is 583. The number of aryl methyl sites for hydroxylation is 1. The Morgan fingerprint density at radius 1 is 1.23 bits per heavy atom. The van der Waals surface area contributed by atoms with Crippen molar-refractivity contribution in [2.24, 2.45) is 0 Å². The highest BCUT2D eigenvalue weighted by Gasteiger charge is 2.23. The van der Waals surface area contributed by atoms with Crippen molar-refractivity contribution in [3.8, 4) is 5.75 Å². The fourth-order valence-electron chi connectivity index (χ4n) is 3.11. The molecule has 0 bridgehead atoms. The molecular weight excluding hydrogens is 332 g/mol. The standard InChI is InChI=1S/C20H32N2O4/c1-5-25-20(24)22-10-8-21(9-11-22)13-17(23)14-26-19-12-16(4)6-7-18(19)15(2)3/h6-7,12,15,17,23H,5,8-11,13-14H2,1-4H3/t17-/m0/s1. The second-order valence-electron chi connectivity index (χ2n) is 7.15. The van der Waals surface area contributed by atoms with Crippen molar-refractivity contribution in [1.82, 2.24) is 9.80 Å². The maximum atomic E-state index is 11.7. The van der Waals surface area contributed by atoms with Gasteiger partial charge in [-0.15, -0.1) is 0 Å². The molecule has 1 heterocycles. The molecule has 1 aliphatic rings. The first-order valence-corrected chi connectivity index (χ1v) is 9.46. The average Bonchev–Trinajstić information content (AvgIpc) is 2.60. The Morgan fingerprint density at radius 3 is 2.54 bits per heavy atom. The van der Waals surface area contributed by atoms with Gasteiger partial charge in [-0.2, -0.15) is 0 Å². The number of β-amino-alcohol motifs (C(OH)–C–C–N with tert-alkyl or cyclic N) is 1. The molecule has 1 saturated heterocycles. The SMILES string of the molecule is CCOC(=O)N1CCN(C[C@H](O)COc2cc(C)ccc2C(C)C)CC1. The van der Waals surface area contributed by atoms with Crippen LogP contribution in [0.25, 0.3) is 0 Å². The van der Waals surface area contributed by atoms with Crippen LogP contribution in [0.1, 0.15) is 37.8 Å². The van der Waals surface area contributed by atoms with Crippen molar-refractivity contribution >= 4 is 6.09 Å². The van der Waals surface area contributed by atoms with Gasteiger partial charge in [0.1, 0.15) is 18.5 Å². The number of aliphatic hydroxyl groups is 1. The molecule has 0 radical (unpaired) electrons. The lowest BCUT2D eigenvalue weighted by molar-refractivity contribution is 0.0405. The van der Waals surface area contributed by atoms with Crippen molar-refractivity contribution in [2.45, 2.75) is 39.7 Å². The molecule has 1 amide bonds. The molecule has 1 N–H and O–H groups in total. The van der Waals surface area contributed by atoms with Crippen LogP contribution in [-0.4, -0.2) is 73.0 Å².